The van der Waals surface area contributed by atoms with Crippen LogP contribution in [-0.4, -0.2) is 5.78 Å². The van der Waals surface area contributed by atoms with Crippen LogP contribution in [0.5, 0.6) is 0 Å². The summed E-state index contributed by atoms with van der Waals surface area (Å²) in [7, 11) is 0. The van der Waals surface area contributed by atoms with Crippen LogP contribution in [0.3, 0.4) is 0 Å². The first-order valence-electron chi connectivity index (χ1n) is 5.12. The quantitative estimate of drug-likeness (QED) is 0.697. The monoisotopic (exact) mass is 202 g/mol. The zero-order chi connectivity index (χ0) is 11.0. The van der Waals surface area contributed by atoms with Crippen LogP contribution in [0.4, 0.5) is 0 Å². The SMILES string of the molecule is Cc1ccc2cc(C(=O)C(C)C)oc2c1. The molecule has 2 heteroatoms. The minimum absolute atomic E-state index is 0.0216. The van der Waals surface area contributed by atoms with E-state index in [9.17, 15) is 4.79 Å². The van der Waals surface area contributed by atoms with E-state index in [1.54, 1.807) is 0 Å². The Bertz CT molecular complexity index is 506. The number of carbonyl (C=O) groups excluding carboxylic acids is 1. The third-order valence-corrected chi connectivity index (χ3v) is 2.44. The van der Waals surface area contributed by atoms with Crippen molar-refractivity contribution < 1.29 is 9.21 Å². The Morgan fingerprint density at radius 3 is 2.67 bits per heavy atom. The summed E-state index contributed by atoms with van der Waals surface area (Å²) in [6.07, 6.45) is 0. The van der Waals surface area contributed by atoms with E-state index in [1.165, 1.54) is 0 Å². The predicted octanol–water partition coefficient (Wildman–Crippen LogP) is 3.58. The first-order valence-corrected chi connectivity index (χ1v) is 5.12. The molecule has 0 atom stereocenters. The second-order valence-corrected chi connectivity index (χ2v) is 4.17. The van der Waals surface area contributed by atoms with Gasteiger partial charge < -0.3 is 4.42 Å². The van der Waals surface area contributed by atoms with Crippen molar-refractivity contribution in [2.45, 2.75) is 20.8 Å². The zero-order valence-electron chi connectivity index (χ0n) is 9.20. The van der Waals surface area contributed by atoms with Gasteiger partial charge in [-0.05, 0) is 24.6 Å². The highest BCUT2D eigenvalue weighted by Crippen LogP contribution is 2.22. The van der Waals surface area contributed by atoms with Gasteiger partial charge in [0.25, 0.3) is 0 Å². The first-order chi connectivity index (χ1) is 7.08. The van der Waals surface area contributed by atoms with Crippen LogP contribution in [0, 0.1) is 12.8 Å². The van der Waals surface area contributed by atoms with Crippen LogP contribution < -0.4 is 0 Å². The van der Waals surface area contributed by atoms with Crippen molar-refractivity contribution in [1.29, 1.82) is 0 Å². The normalized spacial score (nSPS) is 11.2. The number of furan rings is 1. The molecule has 78 valence electrons. The van der Waals surface area contributed by atoms with E-state index >= 15 is 0 Å². The molecule has 0 N–H and O–H groups in total. The summed E-state index contributed by atoms with van der Waals surface area (Å²) in [6, 6.07) is 7.76. The minimum atomic E-state index is -0.0216. The maximum Gasteiger partial charge on any atom is 0.200 e. The lowest BCUT2D eigenvalue weighted by atomic mass is 10.1. The van der Waals surface area contributed by atoms with Crippen LogP contribution in [0.25, 0.3) is 11.0 Å². The number of hydrogen-bond donors (Lipinski definition) is 0. The maximum atomic E-state index is 11.7. The number of fused-ring (bicyclic) bond motifs is 1. The molecule has 0 aliphatic heterocycles. The van der Waals surface area contributed by atoms with E-state index in [0.29, 0.717) is 5.76 Å². The van der Waals surface area contributed by atoms with Crippen molar-refractivity contribution in [2.24, 2.45) is 5.92 Å². The van der Waals surface area contributed by atoms with Gasteiger partial charge in [0.2, 0.25) is 5.78 Å². The molecule has 2 nitrogen and oxygen atoms in total. The molecule has 0 saturated carbocycles. The van der Waals surface area contributed by atoms with Gasteiger partial charge in [0.05, 0.1) is 0 Å². The predicted molar refractivity (Wildman–Crippen MR) is 60.1 cm³/mol. The number of Topliss-reactive ketones (excluding diaryl/α,β-unsaturated/α-hetero) is 1. The van der Waals surface area contributed by atoms with Crippen LogP contribution in [-0.2, 0) is 0 Å². The maximum absolute atomic E-state index is 11.7. The lowest BCUT2D eigenvalue weighted by Crippen LogP contribution is -2.05. The molecule has 0 aliphatic carbocycles. The molecule has 15 heavy (non-hydrogen) atoms. The number of benzene rings is 1. The highest BCUT2D eigenvalue weighted by Gasteiger charge is 2.15. The Morgan fingerprint density at radius 1 is 1.27 bits per heavy atom. The van der Waals surface area contributed by atoms with E-state index in [2.05, 4.69) is 0 Å². The van der Waals surface area contributed by atoms with Crippen LogP contribution in [0.1, 0.15) is 30.0 Å². The molecule has 0 fully saturated rings. The summed E-state index contributed by atoms with van der Waals surface area (Å²) in [6.45, 7) is 5.76. The third-order valence-electron chi connectivity index (χ3n) is 2.44. The van der Waals surface area contributed by atoms with Gasteiger partial charge >= 0.3 is 0 Å². The molecule has 2 aromatic rings. The molecule has 0 saturated heterocycles. The summed E-state index contributed by atoms with van der Waals surface area (Å²) >= 11 is 0. The van der Waals surface area contributed by atoms with Crippen molar-refractivity contribution in [1.82, 2.24) is 0 Å². The molecule has 0 radical (unpaired) electrons. The standard InChI is InChI=1S/C13H14O2/c1-8(2)13(14)12-7-10-5-4-9(3)6-11(10)15-12/h4-8H,1-3H3. The number of rotatable bonds is 2. The second-order valence-electron chi connectivity index (χ2n) is 4.17. The van der Waals surface area contributed by atoms with Gasteiger partial charge in [-0.3, -0.25) is 4.79 Å². The van der Waals surface area contributed by atoms with Gasteiger partial charge in [-0.15, -0.1) is 0 Å². The van der Waals surface area contributed by atoms with Crippen molar-refractivity contribution in [2.75, 3.05) is 0 Å². The van der Waals surface area contributed by atoms with E-state index < -0.39 is 0 Å². The average Bonchev–Trinajstić information content (AvgIpc) is 2.58. The van der Waals surface area contributed by atoms with Crippen molar-refractivity contribution in [3.8, 4) is 0 Å². The van der Waals surface area contributed by atoms with Gasteiger partial charge in [0, 0.05) is 11.3 Å². The van der Waals surface area contributed by atoms with Gasteiger partial charge in [-0.25, -0.2) is 0 Å². The summed E-state index contributed by atoms with van der Waals surface area (Å²) in [5.74, 6) is 0.501. The first kappa shape index (κ1) is 9.97. The highest BCUT2D eigenvalue weighted by molar-refractivity contribution is 5.98. The lowest BCUT2D eigenvalue weighted by molar-refractivity contribution is 0.0913. The van der Waals surface area contributed by atoms with Gasteiger partial charge in [-0.1, -0.05) is 26.0 Å². The number of hydrogen-bond acceptors (Lipinski definition) is 2. The zero-order valence-corrected chi connectivity index (χ0v) is 9.20. The molecule has 1 aromatic carbocycles. The molecular weight excluding hydrogens is 188 g/mol. The summed E-state index contributed by atoms with van der Waals surface area (Å²) in [4.78, 5) is 11.7. The van der Waals surface area contributed by atoms with E-state index in [-0.39, 0.29) is 11.7 Å². The molecule has 1 heterocycles. The van der Waals surface area contributed by atoms with Gasteiger partial charge in [-0.2, -0.15) is 0 Å². The summed E-state index contributed by atoms with van der Waals surface area (Å²) < 4.78 is 5.52. The summed E-state index contributed by atoms with van der Waals surface area (Å²) in [5, 5.41) is 0.990. The molecule has 0 amide bonds. The Hall–Kier alpha value is -1.57. The fourth-order valence-electron chi connectivity index (χ4n) is 1.54. The summed E-state index contributed by atoms with van der Waals surface area (Å²) in [5.41, 5.74) is 1.93. The lowest BCUT2D eigenvalue weighted by Gasteiger charge is -1.97. The number of aryl methyl sites for hydroxylation is 1. The Morgan fingerprint density at radius 2 is 2.00 bits per heavy atom. The topological polar surface area (TPSA) is 30.2 Å². The fraction of sp³-hybridized carbons (Fsp3) is 0.308. The van der Waals surface area contributed by atoms with E-state index in [4.69, 9.17) is 4.42 Å². The molecular formula is C13H14O2. The molecule has 0 spiro atoms. The minimum Gasteiger partial charge on any atom is -0.453 e. The third kappa shape index (κ3) is 1.80. The van der Waals surface area contributed by atoms with Gasteiger partial charge in [0.1, 0.15) is 5.58 Å². The molecule has 0 bridgehead atoms. The van der Waals surface area contributed by atoms with Crippen molar-refractivity contribution in [3.05, 3.63) is 35.6 Å². The second kappa shape index (κ2) is 3.54. The van der Waals surface area contributed by atoms with E-state index in [0.717, 1.165) is 16.5 Å². The Labute approximate surface area is 88.9 Å². The average molecular weight is 202 g/mol. The van der Waals surface area contributed by atoms with Crippen LogP contribution in [0.15, 0.2) is 28.7 Å². The Kier molecular flexibility index (Phi) is 2.35. The molecule has 0 unspecified atom stereocenters. The van der Waals surface area contributed by atoms with Crippen LogP contribution >= 0.6 is 0 Å². The highest BCUT2D eigenvalue weighted by atomic mass is 16.3. The number of ketones is 1. The molecule has 2 rings (SSSR count). The molecule has 1 aromatic heterocycles. The van der Waals surface area contributed by atoms with Crippen molar-refractivity contribution >= 4 is 16.8 Å². The number of carbonyl (C=O) groups is 1. The smallest absolute Gasteiger partial charge is 0.200 e. The Balaban J connectivity index is 2.52. The van der Waals surface area contributed by atoms with Gasteiger partial charge in [0.15, 0.2) is 5.76 Å². The largest absolute Gasteiger partial charge is 0.453 e. The van der Waals surface area contributed by atoms with Crippen molar-refractivity contribution in [3.63, 3.8) is 0 Å². The molecule has 0 aliphatic rings. The van der Waals surface area contributed by atoms with Crippen LogP contribution in [0.2, 0.25) is 0 Å². The fourth-order valence-corrected chi connectivity index (χ4v) is 1.54. The van der Waals surface area contributed by atoms with E-state index in [1.807, 2.05) is 45.0 Å².